The van der Waals surface area contributed by atoms with E-state index in [1.165, 1.54) is 11.1 Å². The minimum absolute atomic E-state index is 0.00638. The molecule has 22 heavy (non-hydrogen) atoms. The molecule has 0 aromatic carbocycles. The summed E-state index contributed by atoms with van der Waals surface area (Å²) >= 11 is 0. The molecule has 1 saturated carbocycles. The second-order valence-corrected chi connectivity index (χ2v) is 7.44. The standard InChI is InChI=1S/C19H30O3/c1-5-20-11-9-15-8-10-19(13-21-19)16(12-15)18(4)17(22-18)7-6-14(2)3/h6,9,16-17H,5,7-8,10-13H2,1-4H3/b15-9-. The minimum Gasteiger partial charge on any atom is -0.378 e. The summed E-state index contributed by atoms with van der Waals surface area (Å²) in [5.41, 5.74) is 3.00. The fourth-order valence-electron chi connectivity index (χ4n) is 3.94. The van der Waals surface area contributed by atoms with Crippen molar-refractivity contribution >= 4 is 0 Å². The lowest BCUT2D eigenvalue weighted by molar-refractivity contribution is 0.105. The molecule has 3 nitrogen and oxygen atoms in total. The van der Waals surface area contributed by atoms with E-state index in [-0.39, 0.29) is 11.2 Å². The summed E-state index contributed by atoms with van der Waals surface area (Å²) in [6.45, 7) is 11.1. The lowest BCUT2D eigenvalue weighted by atomic mass is 9.69. The number of epoxide rings is 2. The second kappa shape index (κ2) is 6.10. The largest absolute Gasteiger partial charge is 0.378 e. The van der Waals surface area contributed by atoms with E-state index in [2.05, 4.69) is 32.9 Å². The highest BCUT2D eigenvalue weighted by molar-refractivity contribution is 5.23. The van der Waals surface area contributed by atoms with Crippen molar-refractivity contribution in [2.45, 2.75) is 70.7 Å². The fraction of sp³-hybridized carbons (Fsp3) is 0.789. The monoisotopic (exact) mass is 306 g/mol. The van der Waals surface area contributed by atoms with Gasteiger partial charge < -0.3 is 14.2 Å². The van der Waals surface area contributed by atoms with Crippen LogP contribution in [0.4, 0.5) is 0 Å². The minimum atomic E-state index is -0.00638. The first-order chi connectivity index (χ1) is 10.5. The first-order valence-corrected chi connectivity index (χ1v) is 8.71. The summed E-state index contributed by atoms with van der Waals surface area (Å²) in [5.74, 6) is 0.497. The van der Waals surface area contributed by atoms with E-state index < -0.39 is 0 Å². The molecule has 3 fully saturated rings. The molecular weight excluding hydrogens is 276 g/mol. The van der Waals surface area contributed by atoms with Crippen molar-refractivity contribution in [2.75, 3.05) is 19.8 Å². The maximum atomic E-state index is 6.16. The Labute approximate surface area is 134 Å². The van der Waals surface area contributed by atoms with Gasteiger partial charge in [0.1, 0.15) is 0 Å². The van der Waals surface area contributed by atoms with Gasteiger partial charge in [-0.3, -0.25) is 0 Å². The van der Waals surface area contributed by atoms with Crippen LogP contribution in [0.3, 0.4) is 0 Å². The van der Waals surface area contributed by atoms with Crippen molar-refractivity contribution < 1.29 is 14.2 Å². The third-order valence-electron chi connectivity index (χ3n) is 5.59. The third kappa shape index (κ3) is 3.17. The zero-order chi connectivity index (χ0) is 15.8. The molecule has 1 aliphatic carbocycles. The van der Waals surface area contributed by atoms with Crippen LogP contribution in [0, 0.1) is 5.92 Å². The molecule has 124 valence electrons. The second-order valence-electron chi connectivity index (χ2n) is 7.44. The van der Waals surface area contributed by atoms with E-state index in [0.29, 0.717) is 12.0 Å². The fourth-order valence-corrected chi connectivity index (χ4v) is 3.94. The Morgan fingerprint density at radius 2 is 2.18 bits per heavy atom. The maximum absolute atomic E-state index is 6.16. The molecular formula is C19H30O3. The summed E-state index contributed by atoms with van der Waals surface area (Å²) in [6.07, 6.45) is 9.37. The Bertz CT molecular complexity index is 471. The van der Waals surface area contributed by atoms with Gasteiger partial charge in [-0.05, 0) is 53.4 Å². The number of hydrogen-bond acceptors (Lipinski definition) is 3. The first-order valence-electron chi connectivity index (χ1n) is 8.71. The summed E-state index contributed by atoms with van der Waals surface area (Å²) in [7, 11) is 0. The molecule has 0 N–H and O–H groups in total. The van der Waals surface area contributed by atoms with Gasteiger partial charge in [-0.15, -0.1) is 0 Å². The van der Waals surface area contributed by atoms with E-state index in [4.69, 9.17) is 14.2 Å². The SMILES string of the molecule is CCOC/C=C1/CCC2(CO2)C(C2(C)OC2CC=C(C)C)C1. The predicted octanol–water partition coefficient (Wildman–Crippen LogP) is 4.03. The van der Waals surface area contributed by atoms with Crippen LogP contribution in [0.15, 0.2) is 23.3 Å². The molecule has 0 aromatic rings. The van der Waals surface area contributed by atoms with Crippen LogP contribution in [0.25, 0.3) is 0 Å². The number of allylic oxidation sites excluding steroid dienone is 2. The Morgan fingerprint density at radius 1 is 1.41 bits per heavy atom. The molecule has 1 spiro atoms. The molecule has 4 unspecified atom stereocenters. The Kier molecular flexibility index (Phi) is 4.50. The molecule has 0 amide bonds. The van der Waals surface area contributed by atoms with Gasteiger partial charge in [0, 0.05) is 12.5 Å². The quantitative estimate of drug-likeness (QED) is 0.422. The number of rotatable bonds is 6. The van der Waals surface area contributed by atoms with Gasteiger partial charge in [-0.25, -0.2) is 0 Å². The van der Waals surface area contributed by atoms with Gasteiger partial charge >= 0.3 is 0 Å². The van der Waals surface area contributed by atoms with Gasteiger partial charge in [-0.2, -0.15) is 0 Å². The zero-order valence-corrected chi connectivity index (χ0v) is 14.5. The van der Waals surface area contributed by atoms with E-state index in [9.17, 15) is 0 Å². The molecule has 2 aliphatic heterocycles. The van der Waals surface area contributed by atoms with Gasteiger partial charge in [0.15, 0.2) is 0 Å². The normalized spacial score (nSPS) is 41.7. The molecule has 0 bridgehead atoms. The van der Waals surface area contributed by atoms with Crippen molar-refractivity contribution in [1.29, 1.82) is 0 Å². The van der Waals surface area contributed by atoms with Crippen LogP contribution in [-0.4, -0.2) is 37.1 Å². The average molecular weight is 306 g/mol. The zero-order valence-electron chi connectivity index (χ0n) is 14.5. The number of ether oxygens (including phenoxy) is 3. The van der Waals surface area contributed by atoms with Crippen molar-refractivity contribution in [3.8, 4) is 0 Å². The van der Waals surface area contributed by atoms with Gasteiger partial charge in [0.25, 0.3) is 0 Å². The summed E-state index contributed by atoms with van der Waals surface area (Å²) < 4.78 is 17.6. The lowest BCUT2D eigenvalue weighted by Crippen LogP contribution is -2.40. The Morgan fingerprint density at radius 3 is 2.82 bits per heavy atom. The summed E-state index contributed by atoms with van der Waals surface area (Å²) in [6, 6.07) is 0. The maximum Gasteiger partial charge on any atom is 0.0983 e. The molecule has 3 aliphatic rings. The topological polar surface area (TPSA) is 34.3 Å². The van der Waals surface area contributed by atoms with E-state index in [0.717, 1.165) is 45.5 Å². The Hall–Kier alpha value is -0.640. The molecule has 0 aromatic heterocycles. The molecule has 2 heterocycles. The average Bonchev–Trinajstić information content (AvgIpc) is 3.38. The van der Waals surface area contributed by atoms with Crippen molar-refractivity contribution in [1.82, 2.24) is 0 Å². The molecule has 3 rings (SSSR count). The molecule has 4 atom stereocenters. The van der Waals surface area contributed by atoms with E-state index >= 15 is 0 Å². The summed E-state index contributed by atoms with van der Waals surface area (Å²) in [5, 5.41) is 0. The van der Waals surface area contributed by atoms with Crippen LogP contribution in [-0.2, 0) is 14.2 Å². The molecule has 0 radical (unpaired) electrons. The summed E-state index contributed by atoms with van der Waals surface area (Å²) in [4.78, 5) is 0. The van der Waals surface area contributed by atoms with Crippen molar-refractivity contribution in [2.24, 2.45) is 5.92 Å². The van der Waals surface area contributed by atoms with E-state index in [1.807, 2.05) is 6.92 Å². The van der Waals surface area contributed by atoms with Crippen molar-refractivity contribution in [3.63, 3.8) is 0 Å². The highest BCUT2D eigenvalue weighted by atomic mass is 16.6. The molecule has 3 heteroatoms. The van der Waals surface area contributed by atoms with Gasteiger partial charge in [0.05, 0.1) is 30.5 Å². The highest BCUT2D eigenvalue weighted by Gasteiger charge is 2.67. The third-order valence-corrected chi connectivity index (χ3v) is 5.59. The molecule has 2 saturated heterocycles. The predicted molar refractivity (Wildman–Crippen MR) is 87.9 cm³/mol. The van der Waals surface area contributed by atoms with Gasteiger partial charge in [0.2, 0.25) is 0 Å². The highest BCUT2D eigenvalue weighted by Crippen LogP contribution is 2.59. The number of hydrogen-bond donors (Lipinski definition) is 0. The van der Waals surface area contributed by atoms with Crippen molar-refractivity contribution in [3.05, 3.63) is 23.3 Å². The van der Waals surface area contributed by atoms with E-state index in [1.54, 1.807) is 0 Å². The van der Waals surface area contributed by atoms with Gasteiger partial charge in [-0.1, -0.05) is 23.3 Å². The lowest BCUT2D eigenvalue weighted by Gasteiger charge is -2.34. The smallest absolute Gasteiger partial charge is 0.0983 e. The van der Waals surface area contributed by atoms with Crippen LogP contribution < -0.4 is 0 Å². The van der Waals surface area contributed by atoms with Crippen LogP contribution in [0.5, 0.6) is 0 Å². The van der Waals surface area contributed by atoms with Crippen LogP contribution in [0.2, 0.25) is 0 Å². The van der Waals surface area contributed by atoms with Crippen LogP contribution in [0.1, 0.15) is 53.4 Å². The first kappa shape index (κ1) is 16.2. The van der Waals surface area contributed by atoms with Crippen LogP contribution >= 0.6 is 0 Å². The Balaban J connectivity index is 1.65.